The number of carbonyl (C=O) groups is 1. The molecule has 2 rings (SSSR count). The minimum atomic E-state index is -0.236. The van der Waals surface area contributed by atoms with Crippen LogP contribution >= 0.6 is 11.3 Å². The van der Waals surface area contributed by atoms with Gasteiger partial charge in [0, 0.05) is 11.1 Å². The van der Waals surface area contributed by atoms with Crippen molar-refractivity contribution in [2.75, 3.05) is 0 Å². The first kappa shape index (κ1) is 15.0. The Morgan fingerprint density at radius 1 is 1.43 bits per heavy atom. The number of aryl methyl sites for hydroxylation is 1. The molecule has 0 fully saturated rings. The largest absolute Gasteiger partial charge is 0.332 e. The molecule has 1 atom stereocenters. The molecule has 0 aliphatic carbocycles. The highest BCUT2D eigenvalue weighted by atomic mass is 32.1. The summed E-state index contributed by atoms with van der Waals surface area (Å²) < 4.78 is 0. The number of rotatable bonds is 4. The average molecular weight is 300 g/mol. The zero-order valence-corrected chi connectivity index (χ0v) is 12.7. The highest BCUT2D eigenvalue weighted by Crippen LogP contribution is 2.13. The van der Waals surface area contributed by atoms with Gasteiger partial charge in [-0.25, -0.2) is 9.78 Å². The third kappa shape index (κ3) is 4.29. The van der Waals surface area contributed by atoms with Crippen molar-refractivity contribution in [3.05, 3.63) is 51.5 Å². The van der Waals surface area contributed by atoms with E-state index in [4.69, 9.17) is 5.26 Å². The normalized spacial score (nSPS) is 11.5. The molecule has 21 heavy (non-hydrogen) atoms. The Bertz CT molecular complexity index is 657. The van der Waals surface area contributed by atoms with E-state index in [1.54, 1.807) is 12.1 Å². The first-order chi connectivity index (χ1) is 10.1. The topological polar surface area (TPSA) is 77.8 Å². The molecule has 0 aliphatic heterocycles. The summed E-state index contributed by atoms with van der Waals surface area (Å²) in [6.07, 6.45) is 0. The van der Waals surface area contributed by atoms with E-state index >= 15 is 0 Å². The van der Waals surface area contributed by atoms with E-state index in [1.807, 2.05) is 31.4 Å². The van der Waals surface area contributed by atoms with Gasteiger partial charge in [0.2, 0.25) is 0 Å². The molecular formula is C15H16N4OS. The summed E-state index contributed by atoms with van der Waals surface area (Å²) in [7, 11) is 0. The smallest absolute Gasteiger partial charge is 0.315 e. The van der Waals surface area contributed by atoms with Gasteiger partial charge in [0.25, 0.3) is 0 Å². The van der Waals surface area contributed by atoms with Crippen molar-refractivity contribution in [2.45, 2.75) is 26.4 Å². The second-order valence-corrected chi connectivity index (χ2v) is 5.61. The predicted octanol–water partition coefficient (Wildman–Crippen LogP) is 2.88. The molecule has 1 heterocycles. The SMILES string of the molecule is Cc1csc(CNC(=O)N[C@H](C)c2ccc(C#N)cc2)n1. The van der Waals surface area contributed by atoms with Crippen molar-refractivity contribution in [3.8, 4) is 6.07 Å². The molecule has 1 aromatic heterocycles. The van der Waals surface area contributed by atoms with E-state index in [9.17, 15) is 4.79 Å². The number of carbonyl (C=O) groups excluding carboxylic acids is 1. The lowest BCUT2D eigenvalue weighted by Gasteiger charge is -2.14. The highest BCUT2D eigenvalue weighted by Gasteiger charge is 2.09. The van der Waals surface area contributed by atoms with Crippen LogP contribution in [0, 0.1) is 18.3 Å². The lowest BCUT2D eigenvalue weighted by Crippen LogP contribution is -2.36. The van der Waals surface area contributed by atoms with E-state index in [2.05, 4.69) is 21.7 Å². The highest BCUT2D eigenvalue weighted by molar-refractivity contribution is 7.09. The van der Waals surface area contributed by atoms with Gasteiger partial charge in [-0.05, 0) is 31.5 Å². The molecule has 0 radical (unpaired) electrons. The van der Waals surface area contributed by atoms with Gasteiger partial charge in [-0.2, -0.15) is 5.26 Å². The number of nitrogens with one attached hydrogen (secondary N) is 2. The molecule has 0 spiro atoms. The predicted molar refractivity (Wildman–Crippen MR) is 81.8 cm³/mol. The Labute approximate surface area is 127 Å². The van der Waals surface area contributed by atoms with Crippen LogP contribution in [0.5, 0.6) is 0 Å². The molecule has 2 aromatic rings. The molecule has 0 unspecified atom stereocenters. The van der Waals surface area contributed by atoms with Crippen molar-refractivity contribution in [1.82, 2.24) is 15.6 Å². The number of hydrogen-bond donors (Lipinski definition) is 2. The molecule has 0 aliphatic rings. The number of hydrogen-bond acceptors (Lipinski definition) is 4. The summed E-state index contributed by atoms with van der Waals surface area (Å²) in [4.78, 5) is 16.1. The van der Waals surface area contributed by atoms with Gasteiger partial charge in [0.15, 0.2) is 0 Å². The Hall–Kier alpha value is -2.39. The number of nitrogens with zero attached hydrogens (tertiary/aromatic N) is 2. The van der Waals surface area contributed by atoms with Gasteiger partial charge < -0.3 is 10.6 Å². The Morgan fingerprint density at radius 3 is 2.71 bits per heavy atom. The molecule has 108 valence electrons. The fraction of sp³-hybridized carbons (Fsp3) is 0.267. The van der Waals surface area contributed by atoms with Crippen molar-refractivity contribution >= 4 is 17.4 Å². The van der Waals surface area contributed by atoms with Crippen LogP contribution in [-0.2, 0) is 6.54 Å². The Balaban J connectivity index is 1.85. The van der Waals surface area contributed by atoms with Crippen molar-refractivity contribution in [2.24, 2.45) is 0 Å². The Morgan fingerprint density at radius 2 is 2.14 bits per heavy atom. The standard InChI is InChI=1S/C15H16N4OS/c1-10-9-21-14(18-10)8-17-15(20)19-11(2)13-5-3-12(7-16)4-6-13/h3-6,9,11H,8H2,1-2H3,(H2,17,19,20)/t11-/m1/s1. The minimum absolute atomic E-state index is 0.129. The van der Waals surface area contributed by atoms with Gasteiger partial charge >= 0.3 is 6.03 Å². The van der Waals surface area contributed by atoms with E-state index in [0.717, 1.165) is 16.3 Å². The van der Waals surface area contributed by atoms with Crippen LogP contribution < -0.4 is 10.6 Å². The monoisotopic (exact) mass is 300 g/mol. The van der Waals surface area contributed by atoms with Gasteiger partial charge in [0.1, 0.15) is 5.01 Å². The molecule has 0 saturated carbocycles. The third-order valence-electron chi connectivity index (χ3n) is 2.95. The van der Waals surface area contributed by atoms with E-state index in [-0.39, 0.29) is 12.1 Å². The third-order valence-corrected chi connectivity index (χ3v) is 3.92. The average Bonchev–Trinajstić information content (AvgIpc) is 2.91. The molecule has 1 aromatic carbocycles. The van der Waals surface area contributed by atoms with E-state index in [1.165, 1.54) is 11.3 Å². The zero-order chi connectivity index (χ0) is 15.2. The number of amides is 2. The first-order valence-electron chi connectivity index (χ1n) is 6.54. The first-order valence-corrected chi connectivity index (χ1v) is 7.42. The number of thiazole rings is 1. The van der Waals surface area contributed by atoms with E-state index in [0.29, 0.717) is 12.1 Å². The van der Waals surface area contributed by atoms with Gasteiger partial charge in [0.05, 0.1) is 24.2 Å². The summed E-state index contributed by atoms with van der Waals surface area (Å²) in [5.41, 5.74) is 2.52. The Kier molecular flexibility index (Phi) is 4.90. The van der Waals surface area contributed by atoms with Crippen LogP contribution in [0.3, 0.4) is 0 Å². The lowest BCUT2D eigenvalue weighted by molar-refractivity contribution is 0.237. The van der Waals surface area contributed by atoms with Crippen LogP contribution in [0.4, 0.5) is 4.79 Å². The summed E-state index contributed by atoms with van der Waals surface area (Å²) >= 11 is 1.53. The fourth-order valence-corrected chi connectivity index (χ4v) is 2.53. The van der Waals surface area contributed by atoms with Crippen LogP contribution in [0.25, 0.3) is 0 Å². The fourth-order valence-electron chi connectivity index (χ4n) is 1.82. The maximum Gasteiger partial charge on any atom is 0.315 e. The molecule has 0 saturated heterocycles. The van der Waals surface area contributed by atoms with Gasteiger partial charge in [-0.15, -0.1) is 11.3 Å². The second-order valence-electron chi connectivity index (χ2n) is 4.67. The summed E-state index contributed by atoms with van der Waals surface area (Å²) in [6, 6.07) is 8.87. The number of urea groups is 1. The quantitative estimate of drug-likeness (QED) is 0.911. The van der Waals surface area contributed by atoms with Crippen molar-refractivity contribution in [3.63, 3.8) is 0 Å². The lowest BCUT2D eigenvalue weighted by atomic mass is 10.1. The van der Waals surface area contributed by atoms with Crippen LogP contribution in [0.15, 0.2) is 29.6 Å². The number of benzene rings is 1. The second kappa shape index (κ2) is 6.86. The van der Waals surface area contributed by atoms with Crippen LogP contribution in [0.1, 0.15) is 34.8 Å². The zero-order valence-electron chi connectivity index (χ0n) is 11.9. The maximum absolute atomic E-state index is 11.8. The summed E-state index contributed by atoms with van der Waals surface area (Å²) in [5.74, 6) is 0. The molecule has 0 bridgehead atoms. The van der Waals surface area contributed by atoms with Crippen LogP contribution in [-0.4, -0.2) is 11.0 Å². The van der Waals surface area contributed by atoms with Crippen molar-refractivity contribution < 1.29 is 4.79 Å². The summed E-state index contributed by atoms with van der Waals surface area (Å²) in [5, 5.41) is 17.2. The number of aromatic nitrogens is 1. The molecule has 2 amide bonds. The van der Waals surface area contributed by atoms with Crippen LogP contribution in [0.2, 0.25) is 0 Å². The molecule has 5 nitrogen and oxygen atoms in total. The molecular weight excluding hydrogens is 284 g/mol. The van der Waals surface area contributed by atoms with Gasteiger partial charge in [-0.1, -0.05) is 12.1 Å². The maximum atomic E-state index is 11.8. The number of nitriles is 1. The molecule has 2 N–H and O–H groups in total. The minimum Gasteiger partial charge on any atom is -0.332 e. The van der Waals surface area contributed by atoms with E-state index < -0.39 is 0 Å². The summed E-state index contributed by atoms with van der Waals surface area (Å²) in [6.45, 7) is 4.24. The molecule has 6 heteroatoms. The van der Waals surface area contributed by atoms with Gasteiger partial charge in [-0.3, -0.25) is 0 Å². The van der Waals surface area contributed by atoms with Crippen molar-refractivity contribution in [1.29, 1.82) is 5.26 Å².